The average molecular weight is 324 g/mol. The third-order valence-electron chi connectivity index (χ3n) is 4.40. The molecule has 0 aromatic carbocycles. The number of hydrogen-bond acceptors (Lipinski definition) is 6. The van der Waals surface area contributed by atoms with Gasteiger partial charge in [0.2, 0.25) is 0 Å². The van der Waals surface area contributed by atoms with Crippen molar-refractivity contribution in [1.82, 2.24) is 19.7 Å². The van der Waals surface area contributed by atoms with Crippen molar-refractivity contribution in [2.75, 3.05) is 11.4 Å². The highest BCUT2D eigenvalue weighted by Crippen LogP contribution is 2.37. The molecule has 1 aliphatic rings. The summed E-state index contributed by atoms with van der Waals surface area (Å²) in [5.41, 5.74) is 2.19. The summed E-state index contributed by atoms with van der Waals surface area (Å²) < 4.78 is 1.79. The van der Waals surface area contributed by atoms with Gasteiger partial charge in [-0.15, -0.1) is 11.3 Å². The van der Waals surface area contributed by atoms with Gasteiger partial charge < -0.3 is 4.90 Å². The summed E-state index contributed by atoms with van der Waals surface area (Å²) in [5, 5.41) is 16.3. The van der Waals surface area contributed by atoms with Gasteiger partial charge in [-0.2, -0.15) is 10.4 Å². The molecule has 0 spiro atoms. The van der Waals surface area contributed by atoms with Gasteiger partial charge in [-0.05, 0) is 30.4 Å². The molecule has 1 atom stereocenters. The highest BCUT2D eigenvalue weighted by molar-refractivity contribution is 7.10. The van der Waals surface area contributed by atoms with E-state index in [4.69, 9.17) is 5.26 Å². The van der Waals surface area contributed by atoms with E-state index < -0.39 is 0 Å². The van der Waals surface area contributed by atoms with Crippen LogP contribution in [0.25, 0.3) is 11.0 Å². The molecule has 0 fully saturated rings. The molecule has 4 rings (SSSR count). The van der Waals surface area contributed by atoms with Gasteiger partial charge in [0, 0.05) is 11.4 Å². The molecule has 0 saturated carbocycles. The van der Waals surface area contributed by atoms with Gasteiger partial charge in [-0.3, -0.25) is 0 Å². The van der Waals surface area contributed by atoms with Gasteiger partial charge in [0.25, 0.3) is 0 Å². The Labute approximate surface area is 138 Å². The molecule has 0 radical (unpaired) electrons. The van der Waals surface area contributed by atoms with E-state index in [2.05, 4.69) is 44.4 Å². The minimum absolute atomic E-state index is 0.297. The zero-order valence-electron chi connectivity index (χ0n) is 12.8. The van der Waals surface area contributed by atoms with E-state index in [-0.39, 0.29) is 0 Å². The van der Waals surface area contributed by atoms with Crippen LogP contribution in [0.2, 0.25) is 0 Å². The number of rotatable bonds is 3. The van der Waals surface area contributed by atoms with E-state index in [1.54, 1.807) is 11.0 Å². The lowest BCUT2D eigenvalue weighted by molar-refractivity contribution is 0.626. The monoisotopic (exact) mass is 324 g/mol. The van der Waals surface area contributed by atoms with Crippen LogP contribution in [-0.2, 0) is 13.0 Å². The summed E-state index contributed by atoms with van der Waals surface area (Å²) in [7, 11) is 0. The van der Waals surface area contributed by atoms with E-state index in [9.17, 15) is 0 Å². The van der Waals surface area contributed by atoms with Crippen LogP contribution in [-0.4, -0.2) is 26.3 Å². The third-order valence-corrected chi connectivity index (χ3v) is 5.39. The number of fused-ring (bicyclic) bond motifs is 2. The van der Waals surface area contributed by atoms with Crippen LogP contribution in [0.3, 0.4) is 0 Å². The second kappa shape index (κ2) is 5.63. The molecule has 0 amide bonds. The van der Waals surface area contributed by atoms with Crippen LogP contribution >= 0.6 is 11.3 Å². The summed E-state index contributed by atoms with van der Waals surface area (Å²) in [6.45, 7) is 3.73. The fourth-order valence-electron chi connectivity index (χ4n) is 3.23. The highest BCUT2D eigenvalue weighted by atomic mass is 32.1. The van der Waals surface area contributed by atoms with E-state index in [0.717, 1.165) is 29.8 Å². The molecular formula is C16H16N6S. The van der Waals surface area contributed by atoms with Gasteiger partial charge in [0.05, 0.1) is 36.7 Å². The maximum absolute atomic E-state index is 8.77. The molecule has 7 heteroatoms. The normalized spacial score (nSPS) is 17.2. The third kappa shape index (κ3) is 2.26. The molecule has 1 aliphatic heterocycles. The molecule has 6 nitrogen and oxygen atoms in total. The van der Waals surface area contributed by atoms with Gasteiger partial charge in [0.1, 0.15) is 12.1 Å². The number of aryl methyl sites for hydroxylation is 1. The average Bonchev–Trinajstić information content (AvgIpc) is 3.20. The number of thiophene rings is 1. The lowest BCUT2D eigenvalue weighted by Gasteiger charge is -2.34. The lowest BCUT2D eigenvalue weighted by atomic mass is 10.0. The smallest absolute Gasteiger partial charge is 0.163 e. The number of nitrogens with zero attached hydrogens (tertiary/aromatic N) is 6. The van der Waals surface area contributed by atoms with Crippen molar-refractivity contribution in [3.8, 4) is 6.07 Å². The molecule has 3 aromatic rings. The fourth-order valence-corrected chi connectivity index (χ4v) is 4.19. The summed E-state index contributed by atoms with van der Waals surface area (Å²) in [4.78, 5) is 12.7. The Morgan fingerprint density at radius 2 is 2.35 bits per heavy atom. The van der Waals surface area contributed by atoms with Crippen molar-refractivity contribution in [3.63, 3.8) is 0 Å². The second-order valence-corrected chi connectivity index (χ2v) is 6.63. The first kappa shape index (κ1) is 14.2. The Balaban J connectivity index is 1.75. The van der Waals surface area contributed by atoms with E-state index in [0.29, 0.717) is 19.0 Å². The van der Waals surface area contributed by atoms with Gasteiger partial charge in [-0.1, -0.05) is 0 Å². The number of nitriles is 1. The minimum Gasteiger partial charge on any atom is -0.349 e. The Bertz CT molecular complexity index is 889. The standard InChI is InChI=1S/C16H16N6S/c1-11-12-4-8-23-14(12)3-7-21(11)15-13-9-20-22(6-2-5-17)16(13)19-10-18-15/h4,8-11H,2-3,6-7H2,1H3. The van der Waals surface area contributed by atoms with E-state index in [1.807, 2.05) is 17.5 Å². The van der Waals surface area contributed by atoms with Gasteiger partial charge in [-0.25, -0.2) is 14.6 Å². The van der Waals surface area contributed by atoms with E-state index in [1.165, 1.54) is 10.4 Å². The van der Waals surface area contributed by atoms with Crippen LogP contribution in [0.4, 0.5) is 5.82 Å². The van der Waals surface area contributed by atoms with Crippen LogP contribution in [0.15, 0.2) is 24.0 Å². The van der Waals surface area contributed by atoms with Crippen LogP contribution in [0.1, 0.15) is 29.8 Å². The van der Waals surface area contributed by atoms with E-state index >= 15 is 0 Å². The Hall–Kier alpha value is -2.46. The predicted octanol–water partition coefficient (Wildman–Crippen LogP) is 2.93. The molecular weight excluding hydrogens is 308 g/mol. The van der Waals surface area contributed by atoms with Crippen molar-refractivity contribution in [3.05, 3.63) is 34.4 Å². The maximum atomic E-state index is 8.77. The molecule has 3 aromatic heterocycles. The van der Waals surface area contributed by atoms with Gasteiger partial charge in [0.15, 0.2) is 5.65 Å². The van der Waals surface area contributed by atoms with Crippen LogP contribution in [0, 0.1) is 11.3 Å². The lowest BCUT2D eigenvalue weighted by Crippen LogP contribution is -2.33. The molecule has 23 heavy (non-hydrogen) atoms. The minimum atomic E-state index is 0.297. The zero-order chi connectivity index (χ0) is 15.8. The molecule has 0 N–H and O–H groups in total. The Morgan fingerprint density at radius 3 is 3.22 bits per heavy atom. The zero-order valence-corrected chi connectivity index (χ0v) is 13.6. The molecule has 4 heterocycles. The largest absolute Gasteiger partial charge is 0.349 e. The van der Waals surface area contributed by atoms with Crippen LogP contribution in [0.5, 0.6) is 0 Å². The predicted molar refractivity (Wildman–Crippen MR) is 89.3 cm³/mol. The first-order valence-corrected chi connectivity index (χ1v) is 8.54. The maximum Gasteiger partial charge on any atom is 0.163 e. The summed E-state index contributed by atoms with van der Waals surface area (Å²) in [5.74, 6) is 0.933. The fraction of sp³-hybridized carbons (Fsp3) is 0.375. The molecule has 1 unspecified atom stereocenters. The summed E-state index contributed by atoms with van der Waals surface area (Å²) >= 11 is 1.84. The summed E-state index contributed by atoms with van der Waals surface area (Å²) in [6, 6.07) is 4.66. The first-order chi connectivity index (χ1) is 11.3. The van der Waals surface area contributed by atoms with Crippen molar-refractivity contribution in [2.24, 2.45) is 0 Å². The van der Waals surface area contributed by atoms with Crippen molar-refractivity contribution in [1.29, 1.82) is 5.26 Å². The Kier molecular flexibility index (Phi) is 3.46. The molecule has 0 bridgehead atoms. The molecule has 0 aliphatic carbocycles. The highest BCUT2D eigenvalue weighted by Gasteiger charge is 2.27. The quantitative estimate of drug-likeness (QED) is 0.741. The number of hydrogen-bond donors (Lipinski definition) is 0. The molecule has 116 valence electrons. The summed E-state index contributed by atoms with van der Waals surface area (Å²) in [6.07, 6.45) is 4.88. The van der Waals surface area contributed by atoms with Crippen molar-refractivity contribution >= 4 is 28.2 Å². The number of anilines is 1. The Morgan fingerprint density at radius 1 is 1.43 bits per heavy atom. The number of aromatic nitrogens is 4. The van der Waals surface area contributed by atoms with Gasteiger partial charge >= 0.3 is 0 Å². The SMILES string of the molecule is CC1c2ccsc2CCN1c1ncnc2c1cnn2CCC#N. The first-order valence-electron chi connectivity index (χ1n) is 7.66. The topological polar surface area (TPSA) is 70.6 Å². The van der Waals surface area contributed by atoms with Crippen LogP contribution < -0.4 is 4.90 Å². The molecule has 0 saturated heterocycles. The van der Waals surface area contributed by atoms with Crippen molar-refractivity contribution in [2.45, 2.75) is 32.4 Å². The second-order valence-electron chi connectivity index (χ2n) is 5.63. The van der Waals surface area contributed by atoms with Crippen molar-refractivity contribution < 1.29 is 0 Å².